The average molecular weight is 355 g/mol. The summed E-state index contributed by atoms with van der Waals surface area (Å²) in [5.41, 5.74) is 3.95. The SMILES string of the molecule is CCN1CCN(Cc2ccc(CNC(=O)c3cnn(C)c3C)cc2)CC1. The van der Waals surface area contributed by atoms with Gasteiger partial charge in [0.05, 0.1) is 11.8 Å². The largest absolute Gasteiger partial charge is 0.348 e. The molecule has 1 aliphatic heterocycles. The molecule has 2 heterocycles. The van der Waals surface area contributed by atoms with E-state index in [1.54, 1.807) is 10.9 Å². The first kappa shape index (κ1) is 18.6. The zero-order valence-electron chi connectivity index (χ0n) is 16.0. The van der Waals surface area contributed by atoms with E-state index in [0.29, 0.717) is 12.1 Å². The summed E-state index contributed by atoms with van der Waals surface area (Å²) >= 11 is 0. The number of benzene rings is 1. The Morgan fingerprint density at radius 3 is 2.27 bits per heavy atom. The van der Waals surface area contributed by atoms with Gasteiger partial charge in [-0.15, -0.1) is 0 Å². The van der Waals surface area contributed by atoms with E-state index >= 15 is 0 Å². The van der Waals surface area contributed by atoms with Crippen molar-refractivity contribution < 1.29 is 4.79 Å². The van der Waals surface area contributed by atoms with Crippen molar-refractivity contribution >= 4 is 5.91 Å². The van der Waals surface area contributed by atoms with Gasteiger partial charge in [0.15, 0.2) is 0 Å². The van der Waals surface area contributed by atoms with E-state index in [2.05, 4.69) is 51.4 Å². The maximum atomic E-state index is 12.3. The van der Waals surface area contributed by atoms with Gasteiger partial charge in [0, 0.05) is 52.0 Å². The van der Waals surface area contributed by atoms with Crippen molar-refractivity contribution in [2.24, 2.45) is 7.05 Å². The van der Waals surface area contributed by atoms with Gasteiger partial charge in [-0.25, -0.2) is 0 Å². The van der Waals surface area contributed by atoms with E-state index in [-0.39, 0.29) is 5.91 Å². The van der Waals surface area contributed by atoms with Gasteiger partial charge in [-0.2, -0.15) is 5.10 Å². The summed E-state index contributed by atoms with van der Waals surface area (Å²) in [5, 5.41) is 7.09. The van der Waals surface area contributed by atoms with Gasteiger partial charge in [0.25, 0.3) is 5.91 Å². The number of aromatic nitrogens is 2. The number of nitrogens with one attached hydrogen (secondary N) is 1. The number of nitrogens with zero attached hydrogens (tertiary/aromatic N) is 4. The number of amides is 1. The Morgan fingerprint density at radius 2 is 1.69 bits per heavy atom. The molecule has 2 aromatic rings. The van der Waals surface area contributed by atoms with Crippen LogP contribution < -0.4 is 5.32 Å². The van der Waals surface area contributed by atoms with Crippen LogP contribution in [0.5, 0.6) is 0 Å². The van der Waals surface area contributed by atoms with Crippen molar-refractivity contribution in [2.45, 2.75) is 26.9 Å². The third-order valence-corrected chi connectivity index (χ3v) is 5.27. The molecule has 1 amide bonds. The summed E-state index contributed by atoms with van der Waals surface area (Å²) in [5.74, 6) is -0.0755. The molecule has 3 rings (SSSR count). The molecule has 1 aromatic carbocycles. The minimum atomic E-state index is -0.0755. The van der Waals surface area contributed by atoms with Crippen LogP contribution in [0.2, 0.25) is 0 Å². The maximum Gasteiger partial charge on any atom is 0.255 e. The Balaban J connectivity index is 1.48. The lowest BCUT2D eigenvalue weighted by Crippen LogP contribution is -2.45. The molecule has 0 bridgehead atoms. The molecule has 1 aromatic heterocycles. The van der Waals surface area contributed by atoms with Gasteiger partial charge in [0.2, 0.25) is 0 Å². The fourth-order valence-corrected chi connectivity index (χ4v) is 3.28. The van der Waals surface area contributed by atoms with Gasteiger partial charge in [-0.1, -0.05) is 31.2 Å². The van der Waals surface area contributed by atoms with E-state index < -0.39 is 0 Å². The number of aryl methyl sites for hydroxylation is 1. The molecule has 1 N–H and O–H groups in total. The molecule has 0 saturated carbocycles. The predicted molar refractivity (Wildman–Crippen MR) is 103 cm³/mol. The number of likely N-dealkylation sites (N-methyl/N-ethyl adjacent to an activating group) is 1. The second-order valence-electron chi connectivity index (χ2n) is 6.98. The van der Waals surface area contributed by atoms with Crippen molar-refractivity contribution in [1.82, 2.24) is 24.9 Å². The van der Waals surface area contributed by atoms with Crippen LogP contribution in [0.3, 0.4) is 0 Å². The number of carbonyl (C=O) groups is 1. The van der Waals surface area contributed by atoms with Crippen LogP contribution in [0.25, 0.3) is 0 Å². The number of hydrogen-bond acceptors (Lipinski definition) is 4. The van der Waals surface area contributed by atoms with Gasteiger partial charge in [-0.05, 0) is 24.6 Å². The summed E-state index contributed by atoms with van der Waals surface area (Å²) in [6, 6.07) is 8.55. The highest BCUT2D eigenvalue weighted by Gasteiger charge is 2.15. The van der Waals surface area contributed by atoms with Crippen molar-refractivity contribution in [3.8, 4) is 0 Å². The molecular weight excluding hydrogens is 326 g/mol. The first-order valence-electron chi connectivity index (χ1n) is 9.36. The molecule has 0 radical (unpaired) electrons. The molecular formula is C20H29N5O. The molecule has 0 atom stereocenters. The van der Waals surface area contributed by atoms with Crippen LogP contribution in [0.4, 0.5) is 0 Å². The van der Waals surface area contributed by atoms with Crippen LogP contribution in [0, 0.1) is 6.92 Å². The lowest BCUT2D eigenvalue weighted by Gasteiger charge is -2.34. The lowest BCUT2D eigenvalue weighted by atomic mass is 10.1. The molecule has 1 aliphatic rings. The van der Waals surface area contributed by atoms with Gasteiger partial charge >= 0.3 is 0 Å². The highest BCUT2D eigenvalue weighted by Crippen LogP contribution is 2.11. The third kappa shape index (κ3) is 4.51. The van der Waals surface area contributed by atoms with Crippen LogP contribution in [-0.4, -0.2) is 58.2 Å². The van der Waals surface area contributed by atoms with Crippen molar-refractivity contribution in [2.75, 3.05) is 32.7 Å². The Bertz CT molecular complexity index is 729. The standard InChI is InChI=1S/C20H29N5O/c1-4-24-9-11-25(12-10-24)15-18-7-5-17(6-8-18)13-21-20(26)19-14-22-23(3)16(19)2/h5-8,14H,4,9-13,15H2,1-3H3,(H,21,26). The zero-order valence-corrected chi connectivity index (χ0v) is 16.0. The predicted octanol–water partition coefficient (Wildman–Crippen LogP) is 1.80. The maximum absolute atomic E-state index is 12.3. The molecule has 6 nitrogen and oxygen atoms in total. The molecule has 0 spiro atoms. The van der Waals surface area contributed by atoms with Gasteiger partial charge in [0.1, 0.15) is 0 Å². The molecule has 1 saturated heterocycles. The van der Waals surface area contributed by atoms with E-state index in [0.717, 1.165) is 50.5 Å². The second-order valence-corrected chi connectivity index (χ2v) is 6.98. The first-order valence-corrected chi connectivity index (χ1v) is 9.36. The van der Waals surface area contributed by atoms with E-state index in [4.69, 9.17) is 0 Å². The summed E-state index contributed by atoms with van der Waals surface area (Å²) < 4.78 is 1.71. The molecule has 1 fully saturated rings. The summed E-state index contributed by atoms with van der Waals surface area (Å²) in [4.78, 5) is 17.3. The monoisotopic (exact) mass is 355 g/mol. The molecule has 0 aliphatic carbocycles. The number of carbonyl (C=O) groups excluding carboxylic acids is 1. The summed E-state index contributed by atoms with van der Waals surface area (Å²) in [6.45, 7) is 11.4. The molecule has 6 heteroatoms. The first-order chi connectivity index (χ1) is 12.6. The van der Waals surface area contributed by atoms with E-state index in [9.17, 15) is 4.79 Å². The van der Waals surface area contributed by atoms with E-state index in [1.807, 2.05) is 14.0 Å². The Hall–Kier alpha value is -2.18. The number of piperazine rings is 1. The number of rotatable bonds is 6. The third-order valence-electron chi connectivity index (χ3n) is 5.27. The topological polar surface area (TPSA) is 53.4 Å². The van der Waals surface area contributed by atoms with Crippen LogP contribution in [0.15, 0.2) is 30.5 Å². The smallest absolute Gasteiger partial charge is 0.255 e. The van der Waals surface area contributed by atoms with E-state index in [1.165, 1.54) is 5.56 Å². The lowest BCUT2D eigenvalue weighted by molar-refractivity contribution is 0.0950. The zero-order chi connectivity index (χ0) is 18.5. The molecule has 26 heavy (non-hydrogen) atoms. The fraction of sp³-hybridized carbons (Fsp3) is 0.500. The fourth-order valence-electron chi connectivity index (χ4n) is 3.28. The van der Waals surface area contributed by atoms with Crippen molar-refractivity contribution in [3.05, 3.63) is 52.8 Å². The van der Waals surface area contributed by atoms with Crippen molar-refractivity contribution in [1.29, 1.82) is 0 Å². The second kappa shape index (κ2) is 8.47. The highest BCUT2D eigenvalue weighted by molar-refractivity contribution is 5.94. The minimum absolute atomic E-state index is 0.0755. The van der Waals surface area contributed by atoms with Crippen molar-refractivity contribution in [3.63, 3.8) is 0 Å². The molecule has 140 valence electrons. The summed E-state index contributed by atoms with van der Waals surface area (Å²) in [6.07, 6.45) is 1.62. The minimum Gasteiger partial charge on any atom is -0.348 e. The quantitative estimate of drug-likeness (QED) is 0.858. The Morgan fingerprint density at radius 1 is 1.08 bits per heavy atom. The average Bonchev–Trinajstić information content (AvgIpc) is 3.00. The number of hydrogen-bond donors (Lipinski definition) is 1. The molecule has 0 unspecified atom stereocenters. The Kier molecular flexibility index (Phi) is 6.06. The summed E-state index contributed by atoms with van der Waals surface area (Å²) in [7, 11) is 1.84. The van der Waals surface area contributed by atoms with Gasteiger partial charge < -0.3 is 10.2 Å². The Labute approximate surface area is 155 Å². The van der Waals surface area contributed by atoms with Crippen LogP contribution in [0.1, 0.15) is 34.1 Å². The van der Waals surface area contributed by atoms with Crippen LogP contribution >= 0.6 is 0 Å². The normalized spacial score (nSPS) is 16.0. The van der Waals surface area contributed by atoms with Crippen LogP contribution in [-0.2, 0) is 20.1 Å². The highest BCUT2D eigenvalue weighted by atomic mass is 16.1. The van der Waals surface area contributed by atoms with Gasteiger partial charge in [-0.3, -0.25) is 14.4 Å².